The molecule has 2 aromatic rings. The third-order valence-electron chi connectivity index (χ3n) is 5.79. The molecule has 8 heteroatoms. The molecule has 1 aromatic carbocycles. The van der Waals surface area contributed by atoms with E-state index in [0.717, 1.165) is 42.8 Å². The zero-order valence-electron chi connectivity index (χ0n) is 16.6. The number of hydrogen-bond donors (Lipinski definition) is 1. The number of halogens is 1. The number of nitrogens with one attached hydrogen (secondary N) is 1. The van der Waals surface area contributed by atoms with Crippen LogP contribution >= 0.6 is 22.9 Å². The lowest BCUT2D eigenvalue weighted by molar-refractivity contribution is -0.117. The summed E-state index contributed by atoms with van der Waals surface area (Å²) < 4.78 is 0. The molecule has 156 valence electrons. The molecule has 1 saturated carbocycles. The molecular weight excluding hydrogens is 406 g/mol. The maximum Gasteiger partial charge on any atom is 0.240 e. The van der Waals surface area contributed by atoms with Crippen LogP contribution in [0.15, 0.2) is 24.3 Å². The van der Waals surface area contributed by atoms with E-state index in [2.05, 4.69) is 37.4 Å². The van der Waals surface area contributed by atoms with Gasteiger partial charge in [-0.05, 0) is 30.5 Å². The zero-order valence-corrected chi connectivity index (χ0v) is 18.2. The Hall–Kier alpha value is -1.54. The molecule has 4 rings (SSSR count). The lowest BCUT2D eigenvalue weighted by Crippen LogP contribution is -2.48. The highest BCUT2D eigenvalue weighted by molar-refractivity contribution is 7.15. The van der Waals surface area contributed by atoms with E-state index in [-0.39, 0.29) is 5.91 Å². The van der Waals surface area contributed by atoms with Crippen molar-refractivity contribution in [3.8, 4) is 0 Å². The zero-order chi connectivity index (χ0) is 20.1. The minimum atomic E-state index is 0.00231. The van der Waals surface area contributed by atoms with Gasteiger partial charge in [0, 0.05) is 43.7 Å². The minimum Gasteiger partial charge on any atom is -0.299 e. The number of benzene rings is 1. The summed E-state index contributed by atoms with van der Waals surface area (Å²) in [5, 5.41) is 13.9. The number of piperazine rings is 1. The van der Waals surface area contributed by atoms with Crippen LogP contribution in [0, 0.1) is 0 Å². The summed E-state index contributed by atoms with van der Waals surface area (Å²) in [6.07, 6.45) is 6.27. The summed E-state index contributed by atoms with van der Waals surface area (Å²) in [7, 11) is 0. The topological polar surface area (TPSA) is 61.4 Å². The highest BCUT2D eigenvalue weighted by Gasteiger charge is 2.22. The first-order valence-electron chi connectivity index (χ1n) is 10.5. The summed E-state index contributed by atoms with van der Waals surface area (Å²) in [5.74, 6) is 0.531. The van der Waals surface area contributed by atoms with Gasteiger partial charge in [0.1, 0.15) is 5.01 Å². The second kappa shape index (κ2) is 9.98. The van der Waals surface area contributed by atoms with E-state index in [9.17, 15) is 4.79 Å². The monoisotopic (exact) mass is 433 g/mol. The van der Waals surface area contributed by atoms with Crippen molar-refractivity contribution in [3.63, 3.8) is 0 Å². The van der Waals surface area contributed by atoms with Gasteiger partial charge in [-0.15, -0.1) is 10.2 Å². The summed E-state index contributed by atoms with van der Waals surface area (Å²) in [6.45, 7) is 5.04. The van der Waals surface area contributed by atoms with Gasteiger partial charge in [0.05, 0.1) is 6.54 Å². The van der Waals surface area contributed by atoms with Crippen LogP contribution in [0.25, 0.3) is 0 Å². The van der Waals surface area contributed by atoms with E-state index < -0.39 is 0 Å². The van der Waals surface area contributed by atoms with Gasteiger partial charge in [-0.25, -0.2) is 0 Å². The fourth-order valence-electron chi connectivity index (χ4n) is 4.12. The van der Waals surface area contributed by atoms with Gasteiger partial charge in [-0.2, -0.15) is 0 Å². The highest BCUT2D eigenvalue weighted by Crippen LogP contribution is 2.35. The Balaban J connectivity index is 1.20. The van der Waals surface area contributed by atoms with Gasteiger partial charge < -0.3 is 0 Å². The molecule has 0 unspecified atom stereocenters. The number of aromatic nitrogens is 2. The number of amides is 1. The first-order valence-corrected chi connectivity index (χ1v) is 11.7. The van der Waals surface area contributed by atoms with Crippen LogP contribution in [-0.2, 0) is 11.3 Å². The molecule has 1 N–H and O–H groups in total. The van der Waals surface area contributed by atoms with Gasteiger partial charge in [-0.1, -0.05) is 54.3 Å². The van der Waals surface area contributed by atoms with Crippen LogP contribution in [0.1, 0.15) is 48.6 Å². The molecule has 0 bridgehead atoms. The maximum absolute atomic E-state index is 12.4. The Morgan fingerprint density at radius 1 is 1.03 bits per heavy atom. The molecule has 1 aliphatic heterocycles. The van der Waals surface area contributed by atoms with Crippen molar-refractivity contribution in [3.05, 3.63) is 39.9 Å². The average molecular weight is 434 g/mol. The predicted octanol–water partition coefficient (Wildman–Crippen LogP) is 4.00. The van der Waals surface area contributed by atoms with Crippen LogP contribution < -0.4 is 5.32 Å². The van der Waals surface area contributed by atoms with Gasteiger partial charge in [0.15, 0.2) is 0 Å². The largest absolute Gasteiger partial charge is 0.299 e. The molecular formula is C21H28ClN5OS. The standard InChI is InChI=1S/C21H28ClN5OS/c22-18-8-6-16(7-9-18)14-26-10-12-27(13-11-26)15-19(28)23-21-25-24-20(29-21)17-4-2-1-3-5-17/h6-9,17H,1-5,10-15H2,(H,23,25,28). The molecule has 1 amide bonds. The van der Waals surface area contributed by atoms with Crippen molar-refractivity contribution < 1.29 is 4.79 Å². The van der Waals surface area contributed by atoms with Gasteiger partial charge in [0.25, 0.3) is 0 Å². The van der Waals surface area contributed by atoms with Gasteiger partial charge in [0.2, 0.25) is 11.0 Å². The lowest BCUT2D eigenvalue weighted by atomic mass is 9.90. The summed E-state index contributed by atoms with van der Waals surface area (Å²) >= 11 is 7.50. The minimum absolute atomic E-state index is 0.00231. The molecule has 2 aliphatic rings. The second-order valence-electron chi connectivity index (χ2n) is 8.01. The smallest absolute Gasteiger partial charge is 0.240 e. The number of anilines is 1. The van der Waals surface area contributed by atoms with Crippen LogP contribution in [0.5, 0.6) is 0 Å². The number of hydrogen-bond acceptors (Lipinski definition) is 6. The summed E-state index contributed by atoms with van der Waals surface area (Å²) in [4.78, 5) is 17.1. The highest BCUT2D eigenvalue weighted by atomic mass is 35.5. The van der Waals surface area contributed by atoms with E-state index in [1.165, 1.54) is 37.7 Å². The SMILES string of the molecule is O=C(CN1CCN(Cc2ccc(Cl)cc2)CC1)Nc1nnc(C2CCCCC2)s1. The molecule has 29 heavy (non-hydrogen) atoms. The molecule has 1 aliphatic carbocycles. The Bertz CT molecular complexity index is 798. The molecule has 6 nitrogen and oxygen atoms in total. The van der Waals surface area contributed by atoms with Gasteiger partial charge >= 0.3 is 0 Å². The van der Waals surface area contributed by atoms with Crippen LogP contribution in [-0.4, -0.2) is 58.6 Å². The molecule has 2 heterocycles. The Labute approximate surface area is 181 Å². The van der Waals surface area contributed by atoms with Crippen molar-refractivity contribution in [2.75, 3.05) is 38.0 Å². The van der Waals surface area contributed by atoms with Crippen LogP contribution in [0.2, 0.25) is 5.02 Å². The van der Waals surface area contributed by atoms with E-state index in [0.29, 0.717) is 17.6 Å². The maximum atomic E-state index is 12.4. The first-order chi connectivity index (χ1) is 14.2. The molecule has 0 atom stereocenters. The average Bonchev–Trinajstić information content (AvgIpc) is 3.20. The second-order valence-corrected chi connectivity index (χ2v) is 9.45. The number of rotatable bonds is 6. The summed E-state index contributed by atoms with van der Waals surface area (Å²) in [5.41, 5.74) is 1.27. The first kappa shape index (κ1) is 20.7. The predicted molar refractivity (Wildman–Crippen MR) is 118 cm³/mol. The molecule has 0 spiro atoms. The molecule has 1 saturated heterocycles. The van der Waals surface area contributed by atoms with Crippen LogP contribution in [0.3, 0.4) is 0 Å². The normalized spacial score (nSPS) is 19.3. The van der Waals surface area contributed by atoms with Crippen molar-refractivity contribution >= 4 is 34.0 Å². The quantitative estimate of drug-likeness (QED) is 0.746. The van der Waals surface area contributed by atoms with Crippen molar-refractivity contribution in [2.24, 2.45) is 0 Å². The van der Waals surface area contributed by atoms with Crippen LogP contribution in [0.4, 0.5) is 5.13 Å². The van der Waals surface area contributed by atoms with E-state index in [1.54, 1.807) is 11.3 Å². The van der Waals surface area contributed by atoms with Crippen molar-refractivity contribution in [1.29, 1.82) is 0 Å². The van der Waals surface area contributed by atoms with E-state index >= 15 is 0 Å². The van der Waals surface area contributed by atoms with E-state index in [1.807, 2.05) is 12.1 Å². The number of nitrogens with zero attached hydrogens (tertiary/aromatic N) is 4. The summed E-state index contributed by atoms with van der Waals surface area (Å²) in [6, 6.07) is 8.02. The molecule has 0 radical (unpaired) electrons. The molecule has 2 fully saturated rings. The Morgan fingerprint density at radius 3 is 2.45 bits per heavy atom. The Morgan fingerprint density at radius 2 is 1.72 bits per heavy atom. The van der Waals surface area contributed by atoms with E-state index in [4.69, 9.17) is 11.6 Å². The van der Waals surface area contributed by atoms with Crippen molar-refractivity contribution in [2.45, 2.75) is 44.6 Å². The fraction of sp³-hybridized carbons (Fsp3) is 0.571. The molecule has 1 aromatic heterocycles. The lowest BCUT2D eigenvalue weighted by Gasteiger charge is -2.34. The fourth-order valence-corrected chi connectivity index (χ4v) is 5.17. The third kappa shape index (κ3) is 5.98. The van der Waals surface area contributed by atoms with Gasteiger partial charge in [-0.3, -0.25) is 19.9 Å². The Kier molecular flexibility index (Phi) is 7.13. The number of carbonyl (C=O) groups is 1. The number of carbonyl (C=O) groups excluding carboxylic acids is 1. The van der Waals surface area contributed by atoms with Crippen molar-refractivity contribution in [1.82, 2.24) is 20.0 Å². The third-order valence-corrected chi connectivity index (χ3v) is 7.05.